The molecule has 0 saturated carbocycles. The first-order valence-electron chi connectivity index (χ1n) is 5.80. The molecular formula is C12H12FN3O2. The predicted octanol–water partition coefficient (Wildman–Crippen LogP) is 0.566. The predicted molar refractivity (Wildman–Crippen MR) is 62.6 cm³/mol. The molecule has 1 aromatic carbocycles. The first kappa shape index (κ1) is 11.2. The van der Waals surface area contributed by atoms with Crippen molar-refractivity contribution in [2.24, 2.45) is 0 Å². The molecule has 0 aromatic heterocycles. The van der Waals surface area contributed by atoms with E-state index in [1.165, 1.54) is 23.1 Å². The van der Waals surface area contributed by atoms with Gasteiger partial charge in [-0.3, -0.25) is 4.79 Å². The number of amides is 3. The number of rotatable bonds is 1. The number of halogens is 1. The van der Waals surface area contributed by atoms with Crippen LogP contribution < -0.4 is 10.2 Å². The minimum Gasteiger partial charge on any atom is -0.312 e. The zero-order valence-electron chi connectivity index (χ0n) is 9.60. The van der Waals surface area contributed by atoms with E-state index in [0.29, 0.717) is 19.6 Å². The van der Waals surface area contributed by atoms with Crippen LogP contribution >= 0.6 is 0 Å². The molecule has 6 heteroatoms. The van der Waals surface area contributed by atoms with Crippen LogP contribution in [0.5, 0.6) is 0 Å². The van der Waals surface area contributed by atoms with Gasteiger partial charge in [-0.05, 0) is 12.1 Å². The van der Waals surface area contributed by atoms with Gasteiger partial charge in [0.25, 0.3) is 5.91 Å². The van der Waals surface area contributed by atoms with E-state index in [2.05, 4.69) is 5.32 Å². The van der Waals surface area contributed by atoms with Crippen LogP contribution in [0.3, 0.4) is 0 Å². The summed E-state index contributed by atoms with van der Waals surface area (Å²) in [6.07, 6.45) is 0. The van der Waals surface area contributed by atoms with Gasteiger partial charge in [0.15, 0.2) is 0 Å². The third-order valence-electron chi connectivity index (χ3n) is 3.28. The summed E-state index contributed by atoms with van der Waals surface area (Å²) >= 11 is 0. The molecule has 18 heavy (non-hydrogen) atoms. The molecule has 0 radical (unpaired) electrons. The van der Waals surface area contributed by atoms with Crippen LogP contribution in [0.2, 0.25) is 0 Å². The zero-order valence-corrected chi connectivity index (χ0v) is 9.60. The van der Waals surface area contributed by atoms with Crippen molar-refractivity contribution in [3.8, 4) is 0 Å². The summed E-state index contributed by atoms with van der Waals surface area (Å²) in [6, 6.07) is 4.87. The van der Waals surface area contributed by atoms with Crippen molar-refractivity contribution >= 4 is 17.6 Å². The molecule has 2 aliphatic rings. The molecule has 5 nitrogen and oxygen atoms in total. The number of fused-ring (bicyclic) bond motifs is 1. The summed E-state index contributed by atoms with van der Waals surface area (Å²) in [7, 11) is 0. The van der Waals surface area contributed by atoms with Crippen LogP contribution in [0.25, 0.3) is 0 Å². The fraction of sp³-hybridized carbons (Fsp3) is 0.333. The van der Waals surface area contributed by atoms with Gasteiger partial charge in [-0.25, -0.2) is 14.1 Å². The van der Waals surface area contributed by atoms with Gasteiger partial charge in [0, 0.05) is 19.6 Å². The molecule has 1 aromatic rings. The van der Waals surface area contributed by atoms with Crippen molar-refractivity contribution in [2.75, 3.05) is 24.5 Å². The lowest BCUT2D eigenvalue weighted by Crippen LogP contribution is -2.51. The number of carbonyl (C=O) groups is 2. The van der Waals surface area contributed by atoms with Gasteiger partial charge >= 0.3 is 6.03 Å². The highest BCUT2D eigenvalue weighted by Gasteiger charge is 2.47. The summed E-state index contributed by atoms with van der Waals surface area (Å²) in [5.74, 6) is -0.927. The number of benzene rings is 1. The third kappa shape index (κ3) is 1.49. The Bertz CT molecular complexity index is 496. The van der Waals surface area contributed by atoms with E-state index in [4.69, 9.17) is 0 Å². The Morgan fingerprint density at radius 2 is 2.06 bits per heavy atom. The van der Waals surface area contributed by atoms with Crippen LogP contribution in [0.4, 0.5) is 14.9 Å². The zero-order chi connectivity index (χ0) is 12.7. The average molecular weight is 249 g/mol. The smallest absolute Gasteiger partial charge is 0.312 e. The minimum absolute atomic E-state index is 0.0295. The number of anilines is 1. The van der Waals surface area contributed by atoms with E-state index in [0.717, 1.165) is 4.90 Å². The highest BCUT2D eigenvalue weighted by Crippen LogP contribution is 2.27. The second-order valence-corrected chi connectivity index (χ2v) is 4.32. The first-order chi connectivity index (χ1) is 8.70. The molecule has 3 amide bonds. The van der Waals surface area contributed by atoms with Crippen molar-refractivity contribution in [3.05, 3.63) is 30.1 Å². The molecular weight excluding hydrogens is 237 g/mol. The number of carbonyl (C=O) groups excluding carboxylic acids is 2. The first-order valence-corrected chi connectivity index (χ1v) is 5.80. The number of hydrogen-bond acceptors (Lipinski definition) is 3. The largest absolute Gasteiger partial charge is 0.332 e. The maximum Gasteiger partial charge on any atom is 0.332 e. The van der Waals surface area contributed by atoms with E-state index in [1.807, 2.05) is 0 Å². The fourth-order valence-corrected chi connectivity index (χ4v) is 2.38. The lowest BCUT2D eigenvalue weighted by atomic mass is 10.2. The van der Waals surface area contributed by atoms with E-state index in [-0.39, 0.29) is 11.6 Å². The Labute approximate surface area is 103 Å². The molecule has 1 atom stereocenters. The third-order valence-corrected chi connectivity index (χ3v) is 3.28. The quantitative estimate of drug-likeness (QED) is 0.740. The molecule has 1 unspecified atom stereocenters. The van der Waals surface area contributed by atoms with Gasteiger partial charge in [0.2, 0.25) is 0 Å². The Morgan fingerprint density at radius 1 is 1.28 bits per heavy atom. The van der Waals surface area contributed by atoms with E-state index >= 15 is 0 Å². The Hall–Kier alpha value is -1.95. The Balaban J connectivity index is 2.00. The van der Waals surface area contributed by atoms with Gasteiger partial charge in [0.05, 0.1) is 5.69 Å². The molecule has 2 heterocycles. The highest BCUT2D eigenvalue weighted by molar-refractivity contribution is 6.21. The van der Waals surface area contributed by atoms with Gasteiger partial charge in [-0.15, -0.1) is 0 Å². The van der Waals surface area contributed by atoms with Gasteiger partial charge < -0.3 is 10.2 Å². The van der Waals surface area contributed by atoms with Gasteiger partial charge in [-0.1, -0.05) is 12.1 Å². The van der Waals surface area contributed by atoms with Crippen LogP contribution in [-0.4, -0.2) is 42.5 Å². The molecule has 2 fully saturated rings. The summed E-state index contributed by atoms with van der Waals surface area (Å²) in [4.78, 5) is 26.7. The van der Waals surface area contributed by atoms with E-state index in [9.17, 15) is 14.0 Å². The monoisotopic (exact) mass is 249 g/mol. The lowest BCUT2D eigenvalue weighted by Gasteiger charge is -2.26. The molecule has 0 aliphatic carbocycles. The number of piperazine rings is 1. The standard InChI is InChI=1S/C12H12FN3O2/c13-8-3-1-2-4-9(8)16-11(17)10-7-14-5-6-15(10)12(16)18/h1-4,10,14H,5-7H2. The van der Waals surface area contributed by atoms with Crippen LogP contribution in [0, 0.1) is 5.82 Å². The molecule has 3 rings (SSSR count). The van der Waals surface area contributed by atoms with Crippen molar-refractivity contribution in [1.82, 2.24) is 10.2 Å². The normalized spacial score (nSPS) is 23.5. The summed E-state index contributed by atoms with van der Waals surface area (Å²) in [5, 5.41) is 3.06. The van der Waals surface area contributed by atoms with Crippen molar-refractivity contribution in [2.45, 2.75) is 6.04 Å². The maximum absolute atomic E-state index is 13.7. The summed E-state index contributed by atoms with van der Waals surface area (Å²) in [5.41, 5.74) is 0.0295. The number of nitrogens with zero attached hydrogens (tertiary/aromatic N) is 2. The topological polar surface area (TPSA) is 52.7 Å². The van der Waals surface area contributed by atoms with Crippen LogP contribution in [-0.2, 0) is 4.79 Å². The number of imide groups is 1. The molecule has 2 aliphatic heterocycles. The van der Waals surface area contributed by atoms with Crippen LogP contribution in [0.1, 0.15) is 0 Å². The lowest BCUT2D eigenvalue weighted by molar-refractivity contribution is -0.120. The average Bonchev–Trinajstić information content (AvgIpc) is 2.64. The Morgan fingerprint density at radius 3 is 2.78 bits per heavy atom. The number of nitrogens with one attached hydrogen (secondary N) is 1. The van der Waals surface area contributed by atoms with Crippen LogP contribution in [0.15, 0.2) is 24.3 Å². The molecule has 0 spiro atoms. The van der Waals surface area contributed by atoms with Crippen molar-refractivity contribution < 1.29 is 14.0 Å². The van der Waals surface area contributed by atoms with E-state index in [1.54, 1.807) is 6.07 Å². The molecule has 94 valence electrons. The summed E-state index contributed by atoms with van der Waals surface area (Å²) in [6.45, 7) is 1.55. The number of para-hydroxylation sites is 1. The Kier molecular flexibility index (Phi) is 2.52. The number of hydrogen-bond donors (Lipinski definition) is 1. The number of urea groups is 1. The van der Waals surface area contributed by atoms with E-state index < -0.39 is 17.9 Å². The molecule has 0 bridgehead atoms. The van der Waals surface area contributed by atoms with Gasteiger partial charge in [-0.2, -0.15) is 0 Å². The highest BCUT2D eigenvalue weighted by atomic mass is 19.1. The van der Waals surface area contributed by atoms with Crippen molar-refractivity contribution in [1.29, 1.82) is 0 Å². The SMILES string of the molecule is O=C1C2CNCCN2C(=O)N1c1ccccc1F. The molecule has 1 N–H and O–H groups in total. The van der Waals surface area contributed by atoms with Gasteiger partial charge in [0.1, 0.15) is 11.9 Å². The minimum atomic E-state index is -0.563. The second kappa shape index (κ2) is 4.06. The fourth-order valence-electron chi connectivity index (χ4n) is 2.38. The van der Waals surface area contributed by atoms with Crippen molar-refractivity contribution in [3.63, 3.8) is 0 Å². The summed E-state index contributed by atoms with van der Waals surface area (Å²) < 4.78 is 13.7. The second-order valence-electron chi connectivity index (χ2n) is 4.32. The molecule has 2 saturated heterocycles. The maximum atomic E-state index is 13.7.